The molecule has 1 aliphatic rings. The van der Waals surface area contributed by atoms with E-state index in [-0.39, 0.29) is 11.8 Å². The zero-order valence-corrected chi connectivity index (χ0v) is 14.8. The minimum Gasteiger partial charge on any atom is -0.306 e. The topological polar surface area (TPSA) is 58.2 Å². The van der Waals surface area contributed by atoms with Gasteiger partial charge in [0.2, 0.25) is 10.0 Å². The maximum Gasteiger partial charge on any atom is 0.211 e. The Bertz CT molecular complexity index is 788. The fourth-order valence-electron chi connectivity index (χ4n) is 3.15. The number of sulfonamides is 1. The molecule has 4 nitrogen and oxygen atoms in total. The highest BCUT2D eigenvalue weighted by Gasteiger charge is 2.22. The molecule has 2 aromatic carbocycles. The number of hydrogen-bond acceptors (Lipinski definition) is 3. The van der Waals surface area contributed by atoms with Crippen molar-refractivity contribution in [2.24, 2.45) is 0 Å². The Hall–Kier alpha value is -1.69. The third-order valence-corrected chi connectivity index (χ3v) is 5.91. The number of fused-ring (bicyclic) bond motifs is 1. The molecular weight excluding hydrogens is 320 g/mol. The molecular formula is C19H24N2O2S. The minimum atomic E-state index is -3.17. The van der Waals surface area contributed by atoms with Crippen molar-refractivity contribution in [1.82, 2.24) is 10.0 Å². The van der Waals surface area contributed by atoms with Gasteiger partial charge in [0.05, 0.1) is 5.75 Å². The van der Waals surface area contributed by atoms with Crippen LogP contribution in [0, 0.1) is 0 Å². The van der Waals surface area contributed by atoms with Crippen molar-refractivity contribution >= 4 is 10.0 Å². The van der Waals surface area contributed by atoms with Gasteiger partial charge in [0, 0.05) is 19.1 Å². The van der Waals surface area contributed by atoms with E-state index in [1.54, 1.807) is 0 Å². The summed E-state index contributed by atoms with van der Waals surface area (Å²) in [5, 5.41) is 3.55. The summed E-state index contributed by atoms with van der Waals surface area (Å²) in [5.74, 6) is 0.177. The fraction of sp³-hybridized carbons (Fsp3) is 0.368. The molecule has 2 aromatic rings. The highest BCUT2D eigenvalue weighted by Crippen LogP contribution is 2.29. The molecule has 128 valence electrons. The molecule has 1 aliphatic heterocycles. The number of hydrogen-bond donors (Lipinski definition) is 2. The van der Waals surface area contributed by atoms with Gasteiger partial charge in [0.25, 0.3) is 0 Å². The van der Waals surface area contributed by atoms with E-state index in [0.717, 1.165) is 18.5 Å². The van der Waals surface area contributed by atoms with Gasteiger partial charge in [-0.3, -0.25) is 0 Å². The van der Waals surface area contributed by atoms with E-state index in [0.29, 0.717) is 13.0 Å². The average molecular weight is 344 g/mol. The molecule has 0 aromatic heterocycles. The highest BCUT2D eigenvalue weighted by molar-refractivity contribution is 7.89. The predicted octanol–water partition coefficient (Wildman–Crippen LogP) is 2.90. The zero-order valence-electron chi connectivity index (χ0n) is 14.0. The van der Waals surface area contributed by atoms with Crippen molar-refractivity contribution < 1.29 is 8.42 Å². The van der Waals surface area contributed by atoms with E-state index in [4.69, 9.17) is 0 Å². The van der Waals surface area contributed by atoms with Crippen LogP contribution in [0.2, 0.25) is 0 Å². The second-order valence-corrected chi connectivity index (χ2v) is 8.22. The lowest BCUT2D eigenvalue weighted by molar-refractivity contribution is 0.578. The number of rotatable bonds is 7. The lowest BCUT2D eigenvalue weighted by Gasteiger charge is -2.14. The number of benzene rings is 2. The molecule has 0 bridgehead atoms. The summed E-state index contributed by atoms with van der Waals surface area (Å²) in [4.78, 5) is 0. The summed E-state index contributed by atoms with van der Waals surface area (Å²) in [6.45, 7) is 3.09. The Balaban J connectivity index is 1.71. The maximum atomic E-state index is 11.8. The summed E-state index contributed by atoms with van der Waals surface area (Å²) < 4.78 is 26.3. The lowest BCUT2D eigenvalue weighted by Crippen LogP contribution is -2.25. The van der Waals surface area contributed by atoms with Crippen molar-refractivity contribution in [3.63, 3.8) is 0 Å². The molecule has 24 heavy (non-hydrogen) atoms. The lowest BCUT2D eigenvalue weighted by atomic mass is 9.97. The second-order valence-electron chi connectivity index (χ2n) is 6.30. The van der Waals surface area contributed by atoms with Crippen LogP contribution < -0.4 is 10.0 Å². The maximum absolute atomic E-state index is 11.8. The molecule has 2 N–H and O–H groups in total. The molecule has 0 amide bonds. The van der Waals surface area contributed by atoms with E-state index in [1.807, 2.05) is 19.1 Å². The van der Waals surface area contributed by atoms with Gasteiger partial charge in [-0.1, -0.05) is 55.5 Å². The largest absolute Gasteiger partial charge is 0.306 e. The Labute approximate surface area is 144 Å². The summed E-state index contributed by atoms with van der Waals surface area (Å²) in [7, 11) is -3.17. The standard InChI is InChI=1S/C19H24N2O2S/c1-2-10-24(22,23)21-13-16-8-9-17-14-20-19(18(17)11-16)12-15-6-4-3-5-7-15/h3-9,11,19-21H,2,10,12-14H2,1H3. The Kier molecular flexibility index (Phi) is 5.33. The summed E-state index contributed by atoms with van der Waals surface area (Å²) in [6, 6.07) is 17.0. The fourth-order valence-corrected chi connectivity index (χ4v) is 4.22. The Morgan fingerprint density at radius 1 is 1.12 bits per heavy atom. The van der Waals surface area contributed by atoms with Gasteiger partial charge in [0.1, 0.15) is 0 Å². The zero-order chi connectivity index (χ0) is 17.0. The third-order valence-electron chi connectivity index (χ3n) is 4.38. The monoisotopic (exact) mass is 344 g/mol. The van der Waals surface area contributed by atoms with Crippen LogP contribution in [0.25, 0.3) is 0 Å². The van der Waals surface area contributed by atoms with Crippen LogP contribution in [0.3, 0.4) is 0 Å². The highest BCUT2D eigenvalue weighted by atomic mass is 32.2. The summed E-state index contributed by atoms with van der Waals surface area (Å²) in [6.07, 6.45) is 1.57. The van der Waals surface area contributed by atoms with Crippen molar-refractivity contribution in [1.29, 1.82) is 0 Å². The molecule has 0 aliphatic carbocycles. The van der Waals surface area contributed by atoms with Gasteiger partial charge in [0.15, 0.2) is 0 Å². The van der Waals surface area contributed by atoms with Crippen molar-refractivity contribution in [2.75, 3.05) is 5.75 Å². The van der Waals surface area contributed by atoms with E-state index in [1.165, 1.54) is 16.7 Å². The van der Waals surface area contributed by atoms with Gasteiger partial charge in [-0.25, -0.2) is 13.1 Å². The van der Waals surface area contributed by atoms with E-state index >= 15 is 0 Å². The Morgan fingerprint density at radius 2 is 1.92 bits per heavy atom. The van der Waals surface area contributed by atoms with Gasteiger partial charge >= 0.3 is 0 Å². The SMILES string of the molecule is CCCS(=O)(=O)NCc1ccc2c(c1)C(Cc1ccccc1)NC2. The smallest absolute Gasteiger partial charge is 0.211 e. The molecule has 0 radical (unpaired) electrons. The van der Waals surface area contributed by atoms with Gasteiger partial charge in [-0.15, -0.1) is 0 Å². The first-order chi connectivity index (χ1) is 11.6. The van der Waals surface area contributed by atoms with Crippen LogP contribution in [0.15, 0.2) is 48.5 Å². The molecule has 3 rings (SSSR count). The predicted molar refractivity (Wildman–Crippen MR) is 97.1 cm³/mol. The molecule has 1 atom stereocenters. The van der Waals surface area contributed by atoms with E-state index in [9.17, 15) is 8.42 Å². The summed E-state index contributed by atoms with van der Waals surface area (Å²) in [5.41, 5.74) is 4.90. The van der Waals surface area contributed by atoms with Crippen LogP contribution in [0.5, 0.6) is 0 Å². The molecule has 0 saturated carbocycles. The van der Waals surface area contributed by atoms with Crippen LogP contribution in [0.1, 0.15) is 41.6 Å². The quantitative estimate of drug-likeness (QED) is 0.812. The first-order valence-corrected chi connectivity index (χ1v) is 10.1. The molecule has 1 unspecified atom stereocenters. The molecule has 0 fully saturated rings. The second kappa shape index (κ2) is 7.47. The van der Waals surface area contributed by atoms with Crippen molar-refractivity contribution in [3.05, 3.63) is 70.8 Å². The molecule has 0 spiro atoms. The van der Waals surface area contributed by atoms with E-state index in [2.05, 4.69) is 46.4 Å². The Morgan fingerprint density at radius 3 is 2.67 bits per heavy atom. The average Bonchev–Trinajstić information content (AvgIpc) is 2.96. The third kappa shape index (κ3) is 4.23. The van der Waals surface area contributed by atoms with Crippen LogP contribution in [-0.2, 0) is 29.5 Å². The van der Waals surface area contributed by atoms with E-state index < -0.39 is 10.0 Å². The normalized spacial score (nSPS) is 17.0. The van der Waals surface area contributed by atoms with Crippen LogP contribution in [-0.4, -0.2) is 14.2 Å². The van der Waals surface area contributed by atoms with Crippen LogP contribution >= 0.6 is 0 Å². The van der Waals surface area contributed by atoms with Crippen molar-refractivity contribution in [3.8, 4) is 0 Å². The van der Waals surface area contributed by atoms with Gasteiger partial charge < -0.3 is 5.32 Å². The summed E-state index contributed by atoms with van der Waals surface area (Å²) >= 11 is 0. The van der Waals surface area contributed by atoms with Gasteiger partial charge in [-0.05, 0) is 35.1 Å². The molecule has 0 saturated heterocycles. The first kappa shape index (κ1) is 17.1. The van der Waals surface area contributed by atoms with Gasteiger partial charge in [-0.2, -0.15) is 0 Å². The number of nitrogens with one attached hydrogen (secondary N) is 2. The van der Waals surface area contributed by atoms with Crippen LogP contribution in [0.4, 0.5) is 0 Å². The van der Waals surface area contributed by atoms with Crippen molar-refractivity contribution in [2.45, 2.75) is 38.9 Å². The first-order valence-electron chi connectivity index (χ1n) is 8.44. The molecule has 5 heteroatoms. The minimum absolute atomic E-state index is 0.177. The molecule has 1 heterocycles.